The van der Waals surface area contributed by atoms with Gasteiger partial charge in [-0.15, -0.1) is 0 Å². The van der Waals surface area contributed by atoms with Crippen LogP contribution in [-0.2, 0) is 24.0 Å². The van der Waals surface area contributed by atoms with Crippen molar-refractivity contribution in [2.24, 2.45) is 11.3 Å². The van der Waals surface area contributed by atoms with Gasteiger partial charge in [0, 0.05) is 24.5 Å². The van der Waals surface area contributed by atoms with E-state index in [2.05, 4.69) is 31.2 Å². The number of likely N-dealkylation sites (tertiary alicyclic amines) is 1. The Balaban J connectivity index is 1.52. The number of nitrogens with zero attached hydrogens (tertiary/aromatic N) is 3. The van der Waals surface area contributed by atoms with Crippen molar-refractivity contribution in [1.82, 2.24) is 36.1 Å². The largest absolute Gasteiger partial charge is 0.347 e. The molecule has 2 heterocycles. The van der Waals surface area contributed by atoms with Crippen LogP contribution in [0.5, 0.6) is 0 Å². The van der Waals surface area contributed by atoms with Crippen LogP contribution in [0.3, 0.4) is 0 Å². The lowest BCUT2D eigenvalue weighted by Crippen LogP contribution is -2.62. The van der Waals surface area contributed by atoms with Gasteiger partial charge in [0.25, 0.3) is 11.8 Å². The molecule has 13 heteroatoms. The molecule has 1 saturated heterocycles. The van der Waals surface area contributed by atoms with Gasteiger partial charge in [-0.05, 0) is 56.8 Å². The Morgan fingerprint density at radius 3 is 2.31 bits per heavy atom. The Hall–Kier alpha value is -3.90. The summed E-state index contributed by atoms with van der Waals surface area (Å²) in [5, 5.41) is 11.0. The first kappa shape index (κ1) is 34.0. The Kier molecular flexibility index (Phi) is 10.9. The van der Waals surface area contributed by atoms with Crippen LogP contribution in [0.1, 0.15) is 103 Å². The summed E-state index contributed by atoms with van der Waals surface area (Å²) < 4.78 is 0. The maximum absolute atomic E-state index is 14.4. The molecule has 0 radical (unpaired) electrons. The average molecular weight is 626 g/mol. The lowest BCUT2D eigenvalue weighted by atomic mass is 9.83. The molecule has 6 atom stereocenters. The van der Waals surface area contributed by atoms with E-state index in [0.29, 0.717) is 19.3 Å². The Bertz CT molecular complexity index is 1280. The number of aromatic nitrogens is 2. The zero-order valence-corrected chi connectivity index (χ0v) is 26.9. The van der Waals surface area contributed by atoms with Crippen molar-refractivity contribution >= 4 is 35.3 Å². The van der Waals surface area contributed by atoms with Crippen molar-refractivity contribution < 1.29 is 28.8 Å². The number of rotatable bonds is 12. The summed E-state index contributed by atoms with van der Waals surface area (Å²) in [4.78, 5) is 89.2. The van der Waals surface area contributed by atoms with Crippen LogP contribution in [0.2, 0.25) is 0 Å². The fourth-order valence-corrected chi connectivity index (χ4v) is 6.30. The van der Waals surface area contributed by atoms with Gasteiger partial charge in [0.2, 0.25) is 23.5 Å². The molecule has 5 amide bonds. The second kappa shape index (κ2) is 14.5. The van der Waals surface area contributed by atoms with Crippen molar-refractivity contribution in [2.75, 3.05) is 0 Å². The normalized spacial score (nSPS) is 23.1. The Labute approximate surface area is 264 Å². The minimum atomic E-state index is -1.01. The molecule has 45 heavy (non-hydrogen) atoms. The first-order valence-corrected chi connectivity index (χ1v) is 16.2. The molecule has 1 aromatic rings. The second-order valence-corrected chi connectivity index (χ2v) is 13.7. The smallest absolute Gasteiger partial charge is 0.289 e. The van der Waals surface area contributed by atoms with Gasteiger partial charge in [-0.3, -0.25) is 33.8 Å². The van der Waals surface area contributed by atoms with Crippen molar-refractivity contribution in [3.8, 4) is 0 Å². The maximum Gasteiger partial charge on any atom is 0.289 e. The number of ketones is 1. The van der Waals surface area contributed by atoms with E-state index in [-0.39, 0.29) is 29.6 Å². The van der Waals surface area contributed by atoms with Gasteiger partial charge >= 0.3 is 0 Å². The molecular weight excluding hydrogens is 578 g/mol. The first-order chi connectivity index (χ1) is 21.3. The molecule has 0 aromatic carbocycles. The SMILES string of the molecule is CCCC(NC(=O)[C@@H]1CC2CCCCC2N1C(=O)[C@@H](NC(=O)[C@H](C)NC(=O)c1cnccn1)C(C)(C)C)C(=O)C(=O)NC1CC1. The molecule has 3 fully saturated rings. The highest BCUT2D eigenvalue weighted by molar-refractivity contribution is 6.38. The summed E-state index contributed by atoms with van der Waals surface area (Å²) in [5.41, 5.74) is -0.684. The van der Waals surface area contributed by atoms with Crippen LogP contribution in [-0.4, -0.2) is 86.4 Å². The number of amides is 5. The van der Waals surface area contributed by atoms with Gasteiger partial charge in [-0.2, -0.15) is 0 Å². The number of hydrogen-bond acceptors (Lipinski definition) is 8. The molecule has 13 nitrogen and oxygen atoms in total. The summed E-state index contributed by atoms with van der Waals surface area (Å²) in [6.45, 7) is 8.88. The Morgan fingerprint density at radius 1 is 0.978 bits per heavy atom. The third kappa shape index (κ3) is 8.43. The molecule has 0 spiro atoms. The quantitative estimate of drug-likeness (QED) is 0.252. The van der Waals surface area contributed by atoms with Crippen LogP contribution in [0.25, 0.3) is 0 Å². The molecule has 4 N–H and O–H groups in total. The summed E-state index contributed by atoms with van der Waals surface area (Å²) in [7, 11) is 0. The molecule has 1 aromatic heterocycles. The van der Waals surface area contributed by atoms with Crippen LogP contribution in [0.4, 0.5) is 0 Å². The first-order valence-electron chi connectivity index (χ1n) is 16.2. The van der Waals surface area contributed by atoms with Crippen molar-refractivity contribution in [3.63, 3.8) is 0 Å². The molecular formula is C32H47N7O6. The van der Waals surface area contributed by atoms with E-state index in [4.69, 9.17) is 0 Å². The molecule has 4 rings (SSSR count). The van der Waals surface area contributed by atoms with E-state index in [0.717, 1.165) is 38.5 Å². The molecule has 3 unspecified atom stereocenters. The third-order valence-corrected chi connectivity index (χ3v) is 8.93. The molecule has 0 bridgehead atoms. The van der Waals surface area contributed by atoms with E-state index >= 15 is 0 Å². The van der Waals surface area contributed by atoms with E-state index in [9.17, 15) is 28.8 Å². The van der Waals surface area contributed by atoms with Gasteiger partial charge in [0.15, 0.2) is 0 Å². The van der Waals surface area contributed by atoms with E-state index in [1.165, 1.54) is 25.5 Å². The number of hydrogen-bond donors (Lipinski definition) is 4. The summed E-state index contributed by atoms with van der Waals surface area (Å²) >= 11 is 0. The highest BCUT2D eigenvalue weighted by Gasteiger charge is 2.51. The highest BCUT2D eigenvalue weighted by Crippen LogP contribution is 2.41. The third-order valence-electron chi connectivity index (χ3n) is 8.93. The maximum atomic E-state index is 14.4. The van der Waals surface area contributed by atoms with Crippen molar-refractivity contribution in [2.45, 2.75) is 129 Å². The zero-order valence-electron chi connectivity index (χ0n) is 26.9. The predicted octanol–water partition coefficient (Wildman–Crippen LogP) is 1.42. The van der Waals surface area contributed by atoms with E-state index in [1.54, 1.807) is 4.90 Å². The zero-order chi connectivity index (χ0) is 32.9. The van der Waals surface area contributed by atoms with Crippen LogP contribution >= 0.6 is 0 Å². The van der Waals surface area contributed by atoms with E-state index < -0.39 is 59.0 Å². The summed E-state index contributed by atoms with van der Waals surface area (Å²) in [6, 6.07) is -4.00. The van der Waals surface area contributed by atoms with Gasteiger partial charge in [-0.1, -0.05) is 47.0 Å². The second-order valence-electron chi connectivity index (χ2n) is 13.7. The number of Topliss-reactive ketones (excluding diaryl/α,β-unsaturated/α-hetero) is 1. The minimum absolute atomic E-state index is 0.0121. The number of carbonyl (C=O) groups excluding carboxylic acids is 6. The lowest BCUT2D eigenvalue weighted by Gasteiger charge is -2.40. The van der Waals surface area contributed by atoms with Crippen LogP contribution < -0.4 is 21.3 Å². The lowest BCUT2D eigenvalue weighted by molar-refractivity contribution is -0.147. The van der Waals surface area contributed by atoms with Crippen LogP contribution in [0.15, 0.2) is 18.6 Å². The Morgan fingerprint density at radius 2 is 1.69 bits per heavy atom. The number of nitrogens with one attached hydrogen (secondary N) is 4. The van der Waals surface area contributed by atoms with Crippen molar-refractivity contribution in [3.05, 3.63) is 24.3 Å². The van der Waals surface area contributed by atoms with Gasteiger partial charge < -0.3 is 26.2 Å². The van der Waals surface area contributed by atoms with Gasteiger partial charge in [-0.25, -0.2) is 4.98 Å². The fraction of sp³-hybridized carbons (Fsp3) is 0.688. The number of carbonyl (C=O) groups is 6. The molecule has 1 aliphatic heterocycles. The molecule has 3 aliphatic rings. The van der Waals surface area contributed by atoms with Gasteiger partial charge in [0.05, 0.1) is 12.2 Å². The summed E-state index contributed by atoms with van der Waals surface area (Å²) in [6.07, 6.45) is 10.6. The minimum Gasteiger partial charge on any atom is -0.347 e. The molecule has 246 valence electrons. The number of fused-ring (bicyclic) bond motifs is 1. The van der Waals surface area contributed by atoms with Crippen molar-refractivity contribution in [1.29, 1.82) is 0 Å². The molecule has 2 saturated carbocycles. The molecule has 2 aliphatic carbocycles. The summed E-state index contributed by atoms with van der Waals surface area (Å²) in [5.74, 6) is -3.25. The van der Waals surface area contributed by atoms with E-state index in [1.807, 2.05) is 27.7 Å². The monoisotopic (exact) mass is 625 g/mol. The predicted molar refractivity (Wildman–Crippen MR) is 164 cm³/mol. The average Bonchev–Trinajstić information content (AvgIpc) is 3.74. The fourth-order valence-electron chi connectivity index (χ4n) is 6.30. The van der Waals surface area contributed by atoms with Crippen LogP contribution in [0, 0.1) is 11.3 Å². The standard InChI is InChI=1S/C32H47N7O6/c1-6-9-21(25(40)30(44)36-20-12-13-20)37-29(43)24-16-19-10-7-8-11-23(19)39(24)31(45)26(32(3,4)5)38-27(41)18(2)35-28(42)22-17-33-14-15-34-22/h14-15,17-21,23-24,26H,6-13,16H2,1-5H3,(H,35,42)(H,36,44)(H,37,43)(H,38,41)/t18-,19?,21?,23?,24-,26+/m0/s1. The van der Waals surface area contributed by atoms with Gasteiger partial charge in [0.1, 0.15) is 23.8 Å². The highest BCUT2D eigenvalue weighted by atomic mass is 16.2. The topological polar surface area (TPSA) is 180 Å².